The highest BCUT2D eigenvalue weighted by Gasteiger charge is 2.54. The quantitative estimate of drug-likeness (QED) is 0.587. The largest absolute Gasteiger partial charge is 0.481 e. The van der Waals surface area contributed by atoms with Crippen LogP contribution in [0.25, 0.3) is 11.3 Å². The maximum Gasteiger partial charge on any atom is 0.272 e. The summed E-state index contributed by atoms with van der Waals surface area (Å²) in [5, 5.41) is 13.9. The van der Waals surface area contributed by atoms with Gasteiger partial charge < -0.3 is 20.3 Å². The predicted molar refractivity (Wildman–Crippen MR) is 130 cm³/mol. The summed E-state index contributed by atoms with van der Waals surface area (Å²) in [5.41, 5.74) is 0.589. The molecule has 192 valence electrons. The van der Waals surface area contributed by atoms with E-state index in [0.29, 0.717) is 36.8 Å². The lowest BCUT2D eigenvalue weighted by atomic mass is 9.82. The molecule has 2 unspecified atom stereocenters. The maximum absolute atomic E-state index is 14.3. The number of nitrogens with zero attached hydrogens (tertiary/aromatic N) is 3. The Hall–Kier alpha value is -3.01. The van der Waals surface area contributed by atoms with Crippen LogP contribution in [0, 0.1) is 17.7 Å². The topological polar surface area (TPSA) is 112 Å². The van der Waals surface area contributed by atoms with Crippen LogP contribution in [-0.4, -0.2) is 69.7 Å². The van der Waals surface area contributed by atoms with Gasteiger partial charge in [0.1, 0.15) is 5.69 Å². The van der Waals surface area contributed by atoms with E-state index in [0.717, 1.165) is 44.3 Å². The number of H-pyrrole nitrogens is 1. The number of nitrogens with one attached hydrogen (secondary N) is 3. The first-order valence-corrected chi connectivity index (χ1v) is 13.1. The van der Waals surface area contributed by atoms with Gasteiger partial charge in [0, 0.05) is 41.7 Å². The van der Waals surface area contributed by atoms with Crippen LogP contribution in [0.4, 0.5) is 4.39 Å². The van der Waals surface area contributed by atoms with Gasteiger partial charge in [0.2, 0.25) is 11.8 Å². The van der Waals surface area contributed by atoms with Crippen LogP contribution in [0.1, 0.15) is 61.9 Å². The summed E-state index contributed by atoms with van der Waals surface area (Å²) in [7, 11) is 1.46. The van der Waals surface area contributed by atoms with Crippen LogP contribution in [0.2, 0.25) is 0 Å². The second kappa shape index (κ2) is 9.14. The van der Waals surface area contributed by atoms with E-state index in [9.17, 15) is 14.0 Å². The second-order valence-electron chi connectivity index (χ2n) is 10.9. The molecule has 2 saturated heterocycles. The number of hydrogen-bond donors (Lipinski definition) is 3. The second-order valence-corrected chi connectivity index (χ2v) is 10.9. The average molecular weight is 497 g/mol. The molecule has 2 amide bonds. The van der Waals surface area contributed by atoms with Crippen molar-refractivity contribution in [3.63, 3.8) is 0 Å². The molecule has 36 heavy (non-hydrogen) atoms. The SMILES string of the molecule is COc1cc(-c2cc(C(=O)N3CC[C@H](C(=O)N[C@@H]4CCC5CCNC5C4)CC34CC4)[nH]n2)c(F)cn1. The minimum absolute atomic E-state index is 0.0680. The fraction of sp³-hybridized carbons (Fsp3) is 0.615. The number of pyridine rings is 1. The van der Waals surface area contributed by atoms with Gasteiger partial charge in [0.05, 0.1) is 19.0 Å². The average Bonchev–Trinajstić information content (AvgIpc) is 3.28. The summed E-state index contributed by atoms with van der Waals surface area (Å²) >= 11 is 0. The summed E-state index contributed by atoms with van der Waals surface area (Å²) in [6.45, 7) is 1.62. The van der Waals surface area contributed by atoms with E-state index in [1.165, 1.54) is 26.0 Å². The monoisotopic (exact) mass is 496 g/mol. The van der Waals surface area contributed by atoms with Gasteiger partial charge in [-0.3, -0.25) is 14.7 Å². The van der Waals surface area contributed by atoms with Gasteiger partial charge in [-0.1, -0.05) is 0 Å². The Morgan fingerprint density at radius 1 is 1.22 bits per heavy atom. The first-order chi connectivity index (χ1) is 17.5. The molecule has 2 aliphatic carbocycles. The van der Waals surface area contributed by atoms with Gasteiger partial charge in [-0.05, 0) is 69.9 Å². The van der Waals surface area contributed by atoms with Gasteiger partial charge in [0.15, 0.2) is 5.82 Å². The van der Waals surface area contributed by atoms with Gasteiger partial charge in [-0.15, -0.1) is 0 Å². The van der Waals surface area contributed by atoms with E-state index < -0.39 is 5.82 Å². The third-order valence-electron chi connectivity index (χ3n) is 8.73. The van der Waals surface area contributed by atoms with Gasteiger partial charge in [-0.25, -0.2) is 9.37 Å². The lowest BCUT2D eigenvalue weighted by Gasteiger charge is -2.40. The molecule has 3 N–H and O–H groups in total. The van der Waals surface area contributed by atoms with Crippen molar-refractivity contribution in [1.82, 2.24) is 30.7 Å². The smallest absolute Gasteiger partial charge is 0.272 e. The number of fused-ring (bicyclic) bond motifs is 1. The first-order valence-electron chi connectivity index (χ1n) is 13.1. The summed E-state index contributed by atoms with van der Waals surface area (Å²) in [5.74, 6) is 0.415. The molecule has 0 aromatic carbocycles. The zero-order chi connectivity index (χ0) is 24.9. The number of carbonyl (C=O) groups is 2. The summed E-state index contributed by atoms with van der Waals surface area (Å²) < 4.78 is 19.4. The molecule has 10 heteroatoms. The Bertz CT molecular complexity index is 1160. The molecule has 2 aromatic rings. The Kier molecular flexibility index (Phi) is 5.94. The Morgan fingerprint density at radius 3 is 2.89 bits per heavy atom. The lowest BCUT2D eigenvalue weighted by Crippen LogP contribution is -2.52. The number of aromatic amines is 1. The number of methoxy groups -OCH3 is 1. The number of carbonyl (C=O) groups excluding carboxylic acids is 2. The highest BCUT2D eigenvalue weighted by atomic mass is 19.1. The van der Waals surface area contributed by atoms with Crippen LogP contribution in [-0.2, 0) is 4.79 Å². The number of piperidine rings is 1. The number of rotatable bonds is 5. The van der Waals surface area contributed by atoms with Crippen LogP contribution >= 0.6 is 0 Å². The molecule has 4 atom stereocenters. The number of hydrogen-bond acceptors (Lipinski definition) is 6. The highest BCUT2D eigenvalue weighted by Crippen LogP contribution is 2.50. The third-order valence-corrected chi connectivity index (χ3v) is 8.73. The zero-order valence-corrected chi connectivity index (χ0v) is 20.6. The third kappa shape index (κ3) is 4.25. The number of ether oxygens (including phenoxy) is 1. The Labute approximate surface area is 209 Å². The summed E-state index contributed by atoms with van der Waals surface area (Å²) in [4.78, 5) is 32.3. The van der Waals surface area contributed by atoms with Crippen molar-refractivity contribution in [2.45, 2.75) is 69.0 Å². The van der Waals surface area contributed by atoms with E-state index >= 15 is 0 Å². The number of amides is 2. The molecule has 0 bridgehead atoms. The number of halogens is 1. The molecule has 4 heterocycles. The van der Waals surface area contributed by atoms with Crippen LogP contribution in [0.3, 0.4) is 0 Å². The van der Waals surface area contributed by atoms with Gasteiger partial charge >= 0.3 is 0 Å². The molecule has 4 aliphatic rings. The molecule has 1 spiro atoms. The van der Waals surface area contributed by atoms with Gasteiger partial charge in [-0.2, -0.15) is 5.10 Å². The van der Waals surface area contributed by atoms with E-state index in [1.807, 2.05) is 4.90 Å². The summed E-state index contributed by atoms with van der Waals surface area (Å²) in [6, 6.07) is 3.82. The molecule has 2 aromatic heterocycles. The van der Waals surface area contributed by atoms with Gasteiger partial charge in [0.25, 0.3) is 5.91 Å². The van der Waals surface area contributed by atoms with Crippen molar-refractivity contribution in [3.05, 3.63) is 29.8 Å². The lowest BCUT2D eigenvalue weighted by molar-refractivity contribution is -0.128. The maximum atomic E-state index is 14.3. The van der Waals surface area contributed by atoms with Crippen molar-refractivity contribution < 1.29 is 18.7 Å². The van der Waals surface area contributed by atoms with Crippen molar-refractivity contribution in [3.8, 4) is 17.1 Å². The minimum Gasteiger partial charge on any atom is -0.481 e. The fourth-order valence-corrected chi connectivity index (χ4v) is 6.53. The predicted octanol–water partition coefficient (Wildman–Crippen LogP) is 2.65. The van der Waals surface area contributed by atoms with Crippen LogP contribution < -0.4 is 15.4 Å². The first kappa shape index (κ1) is 23.4. The molecule has 0 radical (unpaired) electrons. The van der Waals surface area contributed by atoms with Crippen molar-refractivity contribution >= 4 is 11.8 Å². The van der Waals surface area contributed by atoms with Crippen LogP contribution in [0.5, 0.6) is 5.88 Å². The van der Waals surface area contributed by atoms with Crippen LogP contribution in [0.15, 0.2) is 18.3 Å². The minimum atomic E-state index is -0.538. The van der Waals surface area contributed by atoms with E-state index in [4.69, 9.17) is 4.74 Å². The Morgan fingerprint density at radius 2 is 2.08 bits per heavy atom. The number of aromatic nitrogens is 3. The van der Waals surface area contributed by atoms with E-state index in [2.05, 4.69) is 25.8 Å². The van der Waals surface area contributed by atoms with Crippen molar-refractivity contribution in [2.75, 3.05) is 20.2 Å². The Balaban J connectivity index is 1.10. The molecule has 2 saturated carbocycles. The zero-order valence-electron chi connectivity index (χ0n) is 20.6. The number of likely N-dealkylation sites (tertiary alicyclic amines) is 1. The molecule has 4 fully saturated rings. The normalized spacial score (nSPS) is 28.6. The van der Waals surface area contributed by atoms with E-state index in [-0.39, 0.29) is 40.8 Å². The molecule has 9 nitrogen and oxygen atoms in total. The van der Waals surface area contributed by atoms with Crippen molar-refractivity contribution in [1.29, 1.82) is 0 Å². The fourth-order valence-electron chi connectivity index (χ4n) is 6.53. The molecule has 2 aliphatic heterocycles. The van der Waals surface area contributed by atoms with Crippen molar-refractivity contribution in [2.24, 2.45) is 11.8 Å². The molecular formula is C26H33FN6O3. The molecular weight excluding hydrogens is 463 g/mol. The highest BCUT2D eigenvalue weighted by molar-refractivity contribution is 5.94. The standard InChI is InChI=1S/C26H33FN6O3/c1-36-23-11-18(19(27)14-29-23)21-12-22(32-31-21)25(35)33-9-5-16(13-26(33)6-7-26)24(34)30-17-3-2-15-4-8-28-20(15)10-17/h11-12,14-17,20,28H,2-10,13H2,1H3,(H,30,34)(H,31,32)/t15?,16-,17+,20?/m0/s1. The summed E-state index contributed by atoms with van der Waals surface area (Å²) in [6.07, 6.45) is 8.73. The molecule has 6 rings (SSSR count). The van der Waals surface area contributed by atoms with E-state index in [1.54, 1.807) is 6.07 Å².